The molecular formula is C15H17Br2N3. The van der Waals surface area contributed by atoms with Crippen LogP contribution in [0.1, 0.15) is 30.8 Å². The average Bonchev–Trinajstić information content (AvgIpc) is 2.46. The first kappa shape index (κ1) is 15.6. The molecule has 0 saturated carbocycles. The second-order valence-electron chi connectivity index (χ2n) is 4.55. The van der Waals surface area contributed by atoms with Gasteiger partial charge in [-0.15, -0.1) is 0 Å². The Hall–Kier alpha value is -0.780. The van der Waals surface area contributed by atoms with Crippen LogP contribution >= 0.6 is 31.9 Å². The summed E-state index contributed by atoms with van der Waals surface area (Å²) in [4.78, 5) is 8.95. The van der Waals surface area contributed by atoms with Gasteiger partial charge >= 0.3 is 0 Å². The van der Waals surface area contributed by atoms with Crippen LogP contribution in [-0.2, 0) is 6.42 Å². The van der Waals surface area contributed by atoms with Gasteiger partial charge in [0.2, 0.25) is 0 Å². The maximum absolute atomic E-state index is 4.50. The molecule has 2 aromatic heterocycles. The molecule has 0 aromatic carbocycles. The van der Waals surface area contributed by atoms with Gasteiger partial charge in [-0.05, 0) is 69.1 Å². The van der Waals surface area contributed by atoms with Gasteiger partial charge in [0.15, 0.2) is 0 Å². The summed E-state index contributed by atoms with van der Waals surface area (Å²) in [5.74, 6) is 0. The third-order valence-corrected chi connectivity index (χ3v) is 4.10. The fourth-order valence-corrected chi connectivity index (χ4v) is 2.74. The van der Waals surface area contributed by atoms with Crippen molar-refractivity contribution in [2.75, 3.05) is 6.54 Å². The van der Waals surface area contributed by atoms with E-state index in [4.69, 9.17) is 0 Å². The molecule has 0 aliphatic rings. The normalized spacial score (nSPS) is 12.3. The highest BCUT2D eigenvalue weighted by Crippen LogP contribution is 2.23. The predicted octanol–water partition coefficient (Wildman–Crippen LogP) is 4.29. The number of hydrogen-bond donors (Lipinski definition) is 1. The van der Waals surface area contributed by atoms with E-state index in [-0.39, 0.29) is 6.04 Å². The topological polar surface area (TPSA) is 37.8 Å². The summed E-state index contributed by atoms with van der Waals surface area (Å²) in [6.07, 6.45) is 5.58. The molecule has 0 aliphatic carbocycles. The monoisotopic (exact) mass is 397 g/mol. The molecule has 0 bridgehead atoms. The minimum Gasteiger partial charge on any atom is -0.308 e. The van der Waals surface area contributed by atoms with Crippen LogP contribution in [0.4, 0.5) is 0 Å². The Bertz CT molecular complexity index is 543. The first-order chi connectivity index (χ1) is 9.70. The molecule has 20 heavy (non-hydrogen) atoms. The summed E-state index contributed by atoms with van der Waals surface area (Å²) in [5.41, 5.74) is 2.09. The fraction of sp³-hybridized carbons (Fsp3) is 0.333. The SMILES string of the molecule is CCCNC(Cc1ccc(Br)cn1)c1ncccc1Br. The van der Waals surface area contributed by atoms with Crippen molar-refractivity contribution in [3.63, 3.8) is 0 Å². The number of nitrogens with one attached hydrogen (secondary N) is 1. The Morgan fingerprint density at radius 1 is 1.20 bits per heavy atom. The molecule has 0 fully saturated rings. The molecule has 5 heteroatoms. The summed E-state index contributed by atoms with van der Waals surface area (Å²) < 4.78 is 2.03. The summed E-state index contributed by atoms with van der Waals surface area (Å²) in [5, 5.41) is 3.55. The summed E-state index contributed by atoms with van der Waals surface area (Å²) in [7, 11) is 0. The van der Waals surface area contributed by atoms with E-state index >= 15 is 0 Å². The quantitative estimate of drug-likeness (QED) is 0.788. The van der Waals surface area contributed by atoms with Crippen LogP contribution in [0.3, 0.4) is 0 Å². The van der Waals surface area contributed by atoms with Crippen molar-refractivity contribution in [2.24, 2.45) is 0 Å². The molecule has 2 rings (SSSR count). The lowest BCUT2D eigenvalue weighted by molar-refractivity contribution is 0.511. The zero-order valence-corrected chi connectivity index (χ0v) is 14.5. The molecule has 0 saturated heterocycles. The van der Waals surface area contributed by atoms with Crippen molar-refractivity contribution in [3.05, 3.63) is 57.0 Å². The van der Waals surface area contributed by atoms with Crippen LogP contribution in [0.25, 0.3) is 0 Å². The van der Waals surface area contributed by atoms with E-state index in [0.29, 0.717) is 0 Å². The van der Waals surface area contributed by atoms with E-state index in [1.165, 1.54) is 0 Å². The zero-order chi connectivity index (χ0) is 14.4. The highest BCUT2D eigenvalue weighted by Gasteiger charge is 2.16. The number of pyridine rings is 2. The largest absolute Gasteiger partial charge is 0.308 e. The number of nitrogens with zero attached hydrogens (tertiary/aromatic N) is 2. The lowest BCUT2D eigenvalue weighted by Crippen LogP contribution is -2.25. The molecule has 0 aliphatic heterocycles. The van der Waals surface area contributed by atoms with Crippen molar-refractivity contribution in [1.82, 2.24) is 15.3 Å². The highest BCUT2D eigenvalue weighted by atomic mass is 79.9. The summed E-state index contributed by atoms with van der Waals surface area (Å²) in [6, 6.07) is 8.19. The molecule has 1 atom stereocenters. The van der Waals surface area contributed by atoms with Gasteiger partial charge in [-0.25, -0.2) is 0 Å². The zero-order valence-electron chi connectivity index (χ0n) is 11.3. The number of rotatable bonds is 6. The van der Waals surface area contributed by atoms with Crippen molar-refractivity contribution in [3.8, 4) is 0 Å². The molecular weight excluding hydrogens is 382 g/mol. The Labute approximate surface area is 136 Å². The predicted molar refractivity (Wildman–Crippen MR) is 88.6 cm³/mol. The Kier molecular flexibility index (Phi) is 6.13. The second-order valence-corrected chi connectivity index (χ2v) is 6.32. The number of aromatic nitrogens is 2. The minimum atomic E-state index is 0.166. The van der Waals surface area contributed by atoms with Crippen molar-refractivity contribution in [1.29, 1.82) is 0 Å². The van der Waals surface area contributed by atoms with Gasteiger partial charge in [0.25, 0.3) is 0 Å². The lowest BCUT2D eigenvalue weighted by Gasteiger charge is -2.19. The van der Waals surface area contributed by atoms with Crippen LogP contribution < -0.4 is 5.32 Å². The van der Waals surface area contributed by atoms with Crippen LogP contribution in [0.15, 0.2) is 45.6 Å². The highest BCUT2D eigenvalue weighted by molar-refractivity contribution is 9.10. The van der Waals surface area contributed by atoms with E-state index in [9.17, 15) is 0 Å². The van der Waals surface area contributed by atoms with Gasteiger partial charge in [-0.3, -0.25) is 9.97 Å². The molecule has 1 N–H and O–H groups in total. The molecule has 0 radical (unpaired) electrons. The Morgan fingerprint density at radius 2 is 2.05 bits per heavy atom. The summed E-state index contributed by atoms with van der Waals surface area (Å²) in [6.45, 7) is 3.12. The van der Waals surface area contributed by atoms with E-state index in [1.807, 2.05) is 36.7 Å². The smallest absolute Gasteiger partial charge is 0.0718 e. The van der Waals surface area contributed by atoms with E-state index in [0.717, 1.165) is 39.7 Å². The minimum absolute atomic E-state index is 0.166. The van der Waals surface area contributed by atoms with Crippen LogP contribution in [0, 0.1) is 0 Å². The molecule has 1 unspecified atom stereocenters. The molecule has 3 nitrogen and oxygen atoms in total. The van der Waals surface area contributed by atoms with Gasteiger partial charge in [-0.2, -0.15) is 0 Å². The first-order valence-corrected chi connectivity index (χ1v) is 8.23. The number of halogens is 2. The van der Waals surface area contributed by atoms with E-state index in [1.54, 1.807) is 0 Å². The summed E-state index contributed by atoms with van der Waals surface area (Å²) >= 11 is 7.00. The fourth-order valence-electron chi connectivity index (χ4n) is 1.97. The molecule has 2 heterocycles. The maximum atomic E-state index is 4.50. The first-order valence-electron chi connectivity index (χ1n) is 6.65. The second kappa shape index (κ2) is 7.86. The number of hydrogen-bond acceptors (Lipinski definition) is 3. The van der Waals surface area contributed by atoms with Crippen LogP contribution in [0.5, 0.6) is 0 Å². The van der Waals surface area contributed by atoms with Crippen molar-refractivity contribution >= 4 is 31.9 Å². The average molecular weight is 399 g/mol. The third kappa shape index (κ3) is 4.36. The van der Waals surface area contributed by atoms with Crippen molar-refractivity contribution < 1.29 is 0 Å². The Balaban J connectivity index is 2.19. The molecule has 0 spiro atoms. The Morgan fingerprint density at radius 3 is 2.70 bits per heavy atom. The molecule has 0 amide bonds. The molecule has 106 valence electrons. The van der Waals surface area contributed by atoms with Gasteiger partial charge in [0.05, 0.1) is 11.7 Å². The molecule has 2 aromatic rings. The van der Waals surface area contributed by atoms with Crippen molar-refractivity contribution in [2.45, 2.75) is 25.8 Å². The van der Waals surface area contributed by atoms with Gasteiger partial charge < -0.3 is 5.32 Å². The lowest BCUT2D eigenvalue weighted by atomic mass is 10.1. The maximum Gasteiger partial charge on any atom is 0.0718 e. The third-order valence-electron chi connectivity index (χ3n) is 2.96. The standard InChI is InChI=1S/C15H17Br2N3/c1-2-7-18-14(15-13(17)4-3-8-19-15)9-12-6-5-11(16)10-20-12/h3-6,8,10,14,18H,2,7,9H2,1H3. The van der Waals surface area contributed by atoms with E-state index in [2.05, 4.69) is 54.1 Å². The van der Waals surface area contributed by atoms with Crippen LogP contribution in [0.2, 0.25) is 0 Å². The van der Waals surface area contributed by atoms with Crippen LogP contribution in [-0.4, -0.2) is 16.5 Å². The van der Waals surface area contributed by atoms with E-state index < -0.39 is 0 Å². The van der Waals surface area contributed by atoms with Gasteiger partial charge in [0.1, 0.15) is 0 Å². The van der Waals surface area contributed by atoms with Gasteiger partial charge in [-0.1, -0.05) is 6.92 Å². The van der Waals surface area contributed by atoms with Gasteiger partial charge in [0, 0.05) is 33.5 Å².